The van der Waals surface area contributed by atoms with Crippen LogP contribution in [0.15, 0.2) is 0 Å². The molecule has 2 saturated carbocycles. The van der Waals surface area contributed by atoms with E-state index in [1.165, 1.54) is 0 Å². The summed E-state index contributed by atoms with van der Waals surface area (Å²) >= 11 is 0. The topological polar surface area (TPSA) is 53.5 Å². The molecule has 0 radical (unpaired) electrons. The summed E-state index contributed by atoms with van der Waals surface area (Å²) in [6, 6.07) is 0. The molecule has 2 fully saturated rings. The molecule has 0 heterocycles. The van der Waals surface area contributed by atoms with Gasteiger partial charge >= 0.3 is 5.71 Å². The van der Waals surface area contributed by atoms with E-state index in [1.54, 1.807) is 0 Å². The number of Topliss-reactive ketones (excluding diaryl/α,β-unsaturated/α-hetero) is 1. The smallest absolute Gasteiger partial charge is 0.338 e. The maximum atomic E-state index is 11.8. The van der Waals surface area contributed by atoms with Crippen molar-refractivity contribution in [3.8, 4) is 0 Å². The predicted octanol–water partition coefficient (Wildman–Crippen LogP) is 1.68. The molecule has 13 heavy (non-hydrogen) atoms. The van der Waals surface area contributed by atoms with Gasteiger partial charge in [0.05, 0.1) is 5.92 Å². The molecule has 2 bridgehead atoms. The van der Waals surface area contributed by atoms with Gasteiger partial charge in [0.25, 0.3) is 0 Å². The van der Waals surface area contributed by atoms with Crippen LogP contribution in [0.4, 0.5) is 0 Å². The molecule has 2 aliphatic carbocycles. The zero-order valence-electron chi connectivity index (χ0n) is 8.29. The monoisotopic (exact) mass is 178 g/mol. The van der Waals surface area contributed by atoms with Gasteiger partial charge in [0, 0.05) is 5.41 Å². The Bertz CT molecular complexity index is 339. The van der Waals surface area contributed by atoms with Crippen LogP contribution in [0.5, 0.6) is 0 Å². The lowest BCUT2D eigenvalue weighted by molar-refractivity contribution is -0.126. The van der Waals surface area contributed by atoms with Gasteiger partial charge in [-0.2, -0.15) is 4.79 Å². The third-order valence-corrected chi connectivity index (χ3v) is 4.40. The van der Waals surface area contributed by atoms with Crippen LogP contribution >= 0.6 is 0 Å². The highest BCUT2D eigenvalue weighted by atomic mass is 16.1. The van der Waals surface area contributed by atoms with Crippen LogP contribution < -0.4 is 0 Å². The molecule has 2 atom stereocenters. The van der Waals surface area contributed by atoms with Crippen molar-refractivity contribution >= 4 is 11.5 Å². The summed E-state index contributed by atoms with van der Waals surface area (Å²) in [5.74, 6) is 0.214. The van der Waals surface area contributed by atoms with Crippen molar-refractivity contribution in [2.75, 3.05) is 0 Å². The average molecular weight is 178 g/mol. The summed E-state index contributed by atoms with van der Waals surface area (Å²) in [6.45, 7) is 6.19. The maximum absolute atomic E-state index is 11.8. The molecule has 3 heteroatoms. The fourth-order valence-electron chi connectivity index (χ4n) is 2.94. The van der Waals surface area contributed by atoms with Gasteiger partial charge in [0.15, 0.2) is 0 Å². The van der Waals surface area contributed by atoms with Crippen LogP contribution in [-0.4, -0.2) is 16.3 Å². The minimum atomic E-state index is -0.292. The van der Waals surface area contributed by atoms with Crippen LogP contribution in [0.3, 0.4) is 0 Å². The fourth-order valence-corrected chi connectivity index (χ4v) is 2.94. The molecule has 0 aromatic carbocycles. The van der Waals surface area contributed by atoms with Crippen molar-refractivity contribution in [3.05, 3.63) is 5.53 Å². The molecule has 0 aromatic rings. The first kappa shape index (κ1) is 8.64. The van der Waals surface area contributed by atoms with Gasteiger partial charge < -0.3 is 5.53 Å². The number of carbonyl (C=O) groups is 1. The summed E-state index contributed by atoms with van der Waals surface area (Å²) in [4.78, 5) is 15.0. The number of carbonyl (C=O) groups excluding carboxylic acids is 1. The van der Waals surface area contributed by atoms with Gasteiger partial charge in [0.1, 0.15) is 0 Å². The van der Waals surface area contributed by atoms with Gasteiger partial charge in [-0.1, -0.05) is 20.8 Å². The van der Waals surface area contributed by atoms with Crippen LogP contribution in [0.2, 0.25) is 0 Å². The molecule has 2 unspecified atom stereocenters. The highest BCUT2D eigenvalue weighted by Crippen LogP contribution is 2.61. The predicted molar refractivity (Wildman–Crippen MR) is 48.2 cm³/mol. The van der Waals surface area contributed by atoms with E-state index >= 15 is 0 Å². The van der Waals surface area contributed by atoms with Gasteiger partial charge in [-0.3, -0.25) is 4.79 Å². The Morgan fingerprint density at radius 3 is 2.38 bits per heavy atom. The van der Waals surface area contributed by atoms with E-state index in [1.807, 2.05) is 6.92 Å². The second-order valence-corrected chi connectivity index (χ2v) is 4.96. The molecule has 3 nitrogen and oxygen atoms in total. The summed E-state index contributed by atoms with van der Waals surface area (Å²) in [5.41, 5.74) is 8.85. The second-order valence-electron chi connectivity index (χ2n) is 4.96. The van der Waals surface area contributed by atoms with E-state index < -0.39 is 0 Å². The highest BCUT2D eigenvalue weighted by molar-refractivity contribution is 6.43. The third-order valence-electron chi connectivity index (χ3n) is 4.40. The molecular weight excluding hydrogens is 164 g/mol. The minimum Gasteiger partial charge on any atom is -0.361 e. The van der Waals surface area contributed by atoms with E-state index in [2.05, 4.69) is 18.6 Å². The summed E-state index contributed by atoms with van der Waals surface area (Å²) in [5, 5.41) is 0. The zero-order valence-corrected chi connectivity index (χ0v) is 8.29. The molecule has 0 spiro atoms. The van der Waals surface area contributed by atoms with Crippen molar-refractivity contribution in [2.24, 2.45) is 16.7 Å². The SMILES string of the molecule is CC12CCC(C(=[N+]=[N-])C1=O)C2(C)C. The minimum absolute atomic E-state index is 0.0361. The highest BCUT2D eigenvalue weighted by Gasteiger charge is 2.69. The Hall–Kier alpha value is -0.950. The number of hydrogen-bond donors (Lipinski definition) is 0. The standard InChI is InChI=1S/C10H14N2O/c1-9(2)6-4-5-10(9,3)8(13)7(6)12-11/h6H,4-5H2,1-3H3. The molecule has 2 rings (SSSR count). The fraction of sp³-hybridized carbons (Fsp3) is 0.800. The Kier molecular flexibility index (Phi) is 1.40. The van der Waals surface area contributed by atoms with Crippen molar-refractivity contribution in [3.63, 3.8) is 0 Å². The first-order chi connectivity index (χ1) is 5.95. The van der Waals surface area contributed by atoms with Crippen LogP contribution in [0.25, 0.3) is 5.53 Å². The first-order valence-corrected chi connectivity index (χ1v) is 4.72. The second kappa shape index (κ2) is 2.10. The number of fused-ring (bicyclic) bond motifs is 2. The molecule has 0 N–H and O–H groups in total. The van der Waals surface area contributed by atoms with E-state index in [4.69, 9.17) is 5.53 Å². The van der Waals surface area contributed by atoms with Crippen molar-refractivity contribution < 1.29 is 9.58 Å². The Labute approximate surface area is 77.8 Å². The molecule has 70 valence electrons. The first-order valence-electron chi connectivity index (χ1n) is 4.72. The summed E-state index contributed by atoms with van der Waals surface area (Å²) in [7, 11) is 0. The lowest BCUT2D eigenvalue weighted by Gasteiger charge is -2.30. The lowest BCUT2D eigenvalue weighted by Crippen LogP contribution is -2.33. The molecular formula is C10H14N2O. The molecule has 2 aliphatic rings. The Balaban J connectivity index is 2.64. The van der Waals surface area contributed by atoms with Crippen LogP contribution in [0, 0.1) is 16.7 Å². The number of ketones is 1. The largest absolute Gasteiger partial charge is 0.361 e. The van der Waals surface area contributed by atoms with Crippen molar-refractivity contribution in [1.29, 1.82) is 0 Å². The maximum Gasteiger partial charge on any atom is 0.338 e. The average Bonchev–Trinajstić information content (AvgIpc) is 2.36. The van der Waals surface area contributed by atoms with E-state index in [0.29, 0.717) is 5.71 Å². The van der Waals surface area contributed by atoms with Crippen molar-refractivity contribution in [1.82, 2.24) is 0 Å². The quantitative estimate of drug-likeness (QED) is 0.411. The van der Waals surface area contributed by atoms with E-state index in [9.17, 15) is 4.79 Å². The molecule has 0 aliphatic heterocycles. The van der Waals surface area contributed by atoms with E-state index in [0.717, 1.165) is 12.8 Å². The van der Waals surface area contributed by atoms with E-state index in [-0.39, 0.29) is 22.5 Å². The Morgan fingerprint density at radius 1 is 1.46 bits per heavy atom. The summed E-state index contributed by atoms with van der Waals surface area (Å²) < 4.78 is 0. The lowest BCUT2D eigenvalue weighted by atomic mass is 9.70. The van der Waals surface area contributed by atoms with Gasteiger partial charge in [-0.15, -0.1) is 0 Å². The number of nitrogens with zero attached hydrogens (tertiary/aromatic N) is 2. The van der Waals surface area contributed by atoms with Crippen LogP contribution in [-0.2, 0) is 4.79 Å². The molecule has 0 aromatic heterocycles. The van der Waals surface area contributed by atoms with Gasteiger partial charge in [-0.25, -0.2) is 0 Å². The van der Waals surface area contributed by atoms with Crippen LogP contribution in [0.1, 0.15) is 33.6 Å². The van der Waals surface area contributed by atoms with Gasteiger partial charge in [-0.05, 0) is 18.3 Å². The summed E-state index contributed by atoms with van der Waals surface area (Å²) in [6.07, 6.45) is 1.91. The third kappa shape index (κ3) is 0.696. The number of hydrogen-bond acceptors (Lipinski definition) is 1. The Morgan fingerprint density at radius 2 is 2.08 bits per heavy atom. The van der Waals surface area contributed by atoms with Crippen molar-refractivity contribution in [2.45, 2.75) is 33.6 Å². The van der Waals surface area contributed by atoms with Gasteiger partial charge in [0.2, 0.25) is 5.78 Å². The normalized spacial score (nSPS) is 41.0. The molecule has 0 amide bonds. The zero-order chi connectivity index (χ0) is 9.85. The number of rotatable bonds is 0. The molecule has 0 saturated heterocycles.